The first kappa shape index (κ1) is 9.46. The van der Waals surface area contributed by atoms with Crippen LogP contribution >= 0.6 is 0 Å². The van der Waals surface area contributed by atoms with Crippen molar-refractivity contribution in [3.63, 3.8) is 0 Å². The fourth-order valence-corrected chi connectivity index (χ4v) is 1.71. The summed E-state index contributed by atoms with van der Waals surface area (Å²) < 4.78 is 5.31. The van der Waals surface area contributed by atoms with E-state index in [2.05, 4.69) is 23.3 Å². The first-order chi connectivity index (χ1) is 6.84. The van der Waals surface area contributed by atoms with Crippen molar-refractivity contribution in [1.29, 1.82) is 0 Å². The number of hydrogen-bond donors (Lipinski definition) is 1. The van der Waals surface area contributed by atoms with Gasteiger partial charge in [0.25, 0.3) is 0 Å². The lowest BCUT2D eigenvalue weighted by molar-refractivity contribution is 0.0904. The van der Waals surface area contributed by atoms with Crippen LogP contribution in [0.3, 0.4) is 0 Å². The molecule has 0 bridgehead atoms. The average molecular weight is 192 g/mol. The van der Waals surface area contributed by atoms with Crippen LogP contribution in [-0.4, -0.2) is 24.2 Å². The van der Waals surface area contributed by atoms with Crippen LogP contribution in [0, 0.1) is 6.92 Å². The van der Waals surface area contributed by atoms with E-state index >= 15 is 0 Å². The molecule has 0 amide bonds. The molecule has 0 aliphatic carbocycles. The molecule has 3 heteroatoms. The molecule has 1 aromatic rings. The largest absolute Gasteiger partial charge is 0.381 e. The summed E-state index contributed by atoms with van der Waals surface area (Å²) in [6, 6.07) is 2.68. The number of ether oxygens (including phenoxy) is 1. The summed E-state index contributed by atoms with van der Waals surface area (Å²) in [5.74, 6) is 0. The predicted molar refractivity (Wildman–Crippen MR) is 56.4 cm³/mol. The monoisotopic (exact) mass is 192 g/mol. The molecule has 0 radical (unpaired) electrons. The fourth-order valence-electron chi connectivity index (χ4n) is 1.71. The Kier molecular flexibility index (Phi) is 2.99. The van der Waals surface area contributed by atoms with Gasteiger partial charge < -0.3 is 10.1 Å². The standard InChI is InChI=1S/C11H16N2O/c1-9-6-11(8-12-7-9)13-10-2-4-14-5-3-10/h6-8,10,13H,2-5H2,1H3. The highest BCUT2D eigenvalue weighted by atomic mass is 16.5. The summed E-state index contributed by atoms with van der Waals surface area (Å²) in [6.07, 6.45) is 5.93. The van der Waals surface area contributed by atoms with Crippen molar-refractivity contribution in [2.45, 2.75) is 25.8 Å². The zero-order valence-electron chi connectivity index (χ0n) is 8.49. The van der Waals surface area contributed by atoms with E-state index in [9.17, 15) is 0 Å². The van der Waals surface area contributed by atoms with E-state index in [4.69, 9.17) is 4.74 Å². The topological polar surface area (TPSA) is 34.2 Å². The quantitative estimate of drug-likeness (QED) is 0.778. The van der Waals surface area contributed by atoms with Gasteiger partial charge in [-0.25, -0.2) is 0 Å². The molecule has 0 atom stereocenters. The van der Waals surface area contributed by atoms with Crippen LogP contribution < -0.4 is 5.32 Å². The molecule has 1 aliphatic rings. The molecule has 76 valence electrons. The first-order valence-corrected chi connectivity index (χ1v) is 5.10. The minimum atomic E-state index is 0.548. The molecule has 0 unspecified atom stereocenters. The van der Waals surface area contributed by atoms with E-state index in [1.165, 1.54) is 5.56 Å². The number of nitrogens with zero attached hydrogens (tertiary/aromatic N) is 1. The second-order valence-electron chi connectivity index (χ2n) is 3.78. The Morgan fingerprint density at radius 2 is 2.14 bits per heavy atom. The fraction of sp³-hybridized carbons (Fsp3) is 0.545. The molecule has 1 saturated heterocycles. The van der Waals surface area contributed by atoms with Crippen molar-refractivity contribution in [3.8, 4) is 0 Å². The van der Waals surface area contributed by atoms with Crippen molar-refractivity contribution < 1.29 is 4.74 Å². The summed E-state index contributed by atoms with van der Waals surface area (Å²) >= 11 is 0. The van der Waals surface area contributed by atoms with Crippen molar-refractivity contribution in [2.75, 3.05) is 18.5 Å². The number of aryl methyl sites for hydroxylation is 1. The Morgan fingerprint density at radius 3 is 2.86 bits per heavy atom. The lowest BCUT2D eigenvalue weighted by Gasteiger charge is -2.24. The van der Waals surface area contributed by atoms with Gasteiger partial charge in [0.15, 0.2) is 0 Å². The number of hydrogen-bond acceptors (Lipinski definition) is 3. The van der Waals surface area contributed by atoms with Gasteiger partial charge in [-0.15, -0.1) is 0 Å². The van der Waals surface area contributed by atoms with Gasteiger partial charge in [0.1, 0.15) is 0 Å². The molecule has 2 heterocycles. The van der Waals surface area contributed by atoms with Crippen molar-refractivity contribution in [2.24, 2.45) is 0 Å². The number of rotatable bonds is 2. The summed E-state index contributed by atoms with van der Waals surface area (Å²) in [7, 11) is 0. The van der Waals surface area contributed by atoms with Crippen LogP contribution in [0.4, 0.5) is 5.69 Å². The van der Waals surface area contributed by atoms with Crippen LogP contribution in [0.15, 0.2) is 18.5 Å². The van der Waals surface area contributed by atoms with Gasteiger partial charge in [0.05, 0.1) is 5.69 Å². The highest BCUT2D eigenvalue weighted by Crippen LogP contribution is 2.14. The van der Waals surface area contributed by atoms with Gasteiger partial charge in [0.2, 0.25) is 0 Å². The second kappa shape index (κ2) is 4.42. The van der Waals surface area contributed by atoms with Gasteiger partial charge in [-0.1, -0.05) is 0 Å². The number of nitrogens with one attached hydrogen (secondary N) is 1. The van der Waals surface area contributed by atoms with Gasteiger partial charge in [0, 0.05) is 31.6 Å². The molecular formula is C11H16N2O. The van der Waals surface area contributed by atoms with E-state index in [1.54, 1.807) is 0 Å². The minimum absolute atomic E-state index is 0.548. The smallest absolute Gasteiger partial charge is 0.0531 e. The van der Waals surface area contributed by atoms with Crippen LogP contribution in [0.2, 0.25) is 0 Å². The third-order valence-corrected chi connectivity index (χ3v) is 2.47. The van der Waals surface area contributed by atoms with Gasteiger partial charge >= 0.3 is 0 Å². The Morgan fingerprint density at radius 1 is 1.36 bits per heavy atom. The van der Waals surface area contributed by atoms with Crippen LogP contribution in [-0.2, 0) is 4.74 Å². The average Bonchev–Trinajstić information content (AvgIpc) is 2.19. The van der Waals surface area contributed by atoms with Gasteiger partial charge in [-0.2, -0.15) is 0 Å². The molecule has 2 rings (SSSR count). The molecule has 1 N–H and O–H groups in total. The minimum Gasteiger partial charge on any atom is -0.381 e. The van der Waals surface area contributed by atoms with E-state index in [1.807, 2.05) is 12.4 Å². The van der Waals surface area contributed by atoms with E-state index in [0.717, 1.165) is 31.7 Å². The molecule has 0 aromatic carbocycles. The number of pyridine rings is 1. The zero-order chi connectivity index (χ0) is 9.80. The Bertz CT molecular complexity index is 295. The summed E-state index contributed by atoms with van der Waals surface area (Å²) in [6.45, 7) is 3.80. The lowest BCUT2D eigenvalue weighted by atomic mass is 10.1. The maximum atomic E-state index is 5.31. The SMILES string of the molecule is Cc1cncc(NC2CCOCC2)c1. The number of anilines is 1. The molecule has 14 heavy (non-hydrogen) atoms. The molecule has 1 aromatic heterocycles. The molecule has 0 saturated carbocycles. The zero-order valence-corrected chi connectivity index (χ0v) is 8.49. The van der Waals surface area contributed by atoms with Crippen molar-refractivity contribution in [3.05, 3.63) is 24.0 Å². The van der Waals surface area contributed by atoms with Crippen molar-refractivity contribution >= 4 is 5.69 Å². The first-order valence-electron chi connectivity index (χ1n) is 5.10. The number of aromatic nitrogens is 1. The normalized spacial score (nSPS) is 18.1. The van der Waals surface area contributed by atoms with Crippen LogP contribution in [0.5, 0.6) is 0 Å². The van der Waals surface area contributed by atoms with Crippen molar-refractivity contribution in [1.82, 2.24) is 4.98 Å². The molecule has 1 fully saturated rings. The Hall–Kier alpha value is -1.09. The highest BCUT2D eigenvalue weighted by Gasteiger charge is 2.12. The van der Waals surface area contributed by atoms with E-state index < -0.39 is 0 Å². The third-order valence-electron chi connectivity index (χ3n) is 2.47. The van der Waals surface area contributed by atoms with Crippen LogP contribution in [0.25, 0.3) is 0 Å². The molecule has 3 nitrogen and oxygen atoms in total. The Balaban J connectivity index is 1.95. The highest BCUT2D eigenvalue weighted by molar-refractivity contribution is 5.43. The second-order valence-corrected chi connectivity index (χ2v) is 3.78. The van der Waals surface area contributed by atoms with E-state index in [0.29, 0.717) is 6.04 Å². The summed E-state index contributed by atoms with van der Waals surface area (Å²) in [5.41, 5.74) is 2.32. The van der Waals surface area contributed by atoms with E-state index in [-0.39, 0.29) is 0 Å². The molecular weight excluding hydrogens is 176 g/mol. The predicted octanol–water partition coefficient (Wildman–Crippen LogP) is 1.98. The van der Waals surface area contributed by atoms with Gasteiger partial charge in [-0.05, 0) is 31.4 Å². The lowest BCUT2D eigenvalue weighted by Crippen LogP contribution is -2.27. The third kappa shape index (κ3) is 2.45. The maximum absolute atomic E-state index is 5.31. The van der Waals surface area contributed by atoms with Gasteiger partial charge in [-0.3, -0.25) is 4.98 Å². The summed E-state index contributed by atoms with van der Waals surface area (Å²) in [5, 5.41) is 3.48. The molecule has 1 aliphatic heterocycles. The van der Waals surface area contributed by atoms with Crippen LogP contribution in [0.1, 0.15) is 18.4 Å². The molecule has 0 spiro atoms. The Labute approximate surface area is 84.5 Å². The maximum Gasteiger partial charge on any atom is 0.0531 e. The summed E-state index contributed by atoms with van der Waals surface area (Å²) in [4.78, 5) is 4.16.